The predicted molar refractivity (Wildman–Crippen MR) is 73.3 cm³/mol. The number of terminal acetylenes is 1. The lowest BCUT2D eigenvalue weighted by Gasteiger charge is -2.08. The Morgan fingerprint density at radius 3 is 2.32 bits per heavy atom. The highest BCUT2D eigenvalue weighted by atomic mass is 16.5. The first kappa shape index (κ1) is 17.5. The molecule has 0 rings (SSSR count). The molecule has 0 saturated heterocycles. The van der Waals surface area contributed by atoms with Crippen molar-refractivity contribution in [3.63, 3.8) is 0 Å². The third kappa shape index (κ3) is 11.3. The van der Waals surface area contributed by atoms with E-state index >= 15 is 0 Å². The highest BCUT2D eigenvalue weighted by Crippen LogP contribution is 2.05. The maximum absolute atomic E-state index is 11.3. The molecule has 0 aliphatic heterocycles. The van der Waals surface area contributed by atoms with Gasteiger partial charge in [0.15, 0.2) is 6.10 Å². The van der Waals surface area contributed by atoms with Crippen LogP contribution >= 0.6 is 0 Å². The zero-order valence-corrected chi connectivity index (χ0v) is 12.1. The van der Waals surface area contributed by atoms with Gasteiger partial charge < -0.3 is 9.47 Å². The van der Waals surface area contributed by atoms with Crippen molar-refractivity contribution >= 4 is 11.9 Å². The normalized spacial score (nSPS) is 11.7. The van der Waals surface area contributed by atoms with E-state index in [1.165, 1.54) is 0 Å². The van der Waals surface area contributed by atoms with Crippen LogP contribution in [0.15, 0.2) is 0 Å². The first-order chi connectivity index (χ1) is 8.95. The van der Waals surface area contributed by atoms with Crippen molar-refractivity contribution in [3.8, 4) is 12.3 Å². The molecule has 0 amide bonds. The summed E-state index contributed by atoms with van der Waals surface area (Å²) in [6.45, 7) is 6.34. The Hall–Kier alpha value is -1.50. The molecule has 0 heterocycles. The van der Waals surface area contributed by atoms with Crippen LogP contribution in [0.25, 0.3) is 0 Å². The molecule has 0 saturated carbocycles. The van der Waals surface area contributed by atoms with Gasteiger partial charge in [-0.15, -0.1) is 6.42 Å². The molecule has 0 aliphatic carbocycles. The third-order valence-corrected chi connectivity index (χ3v) is 2.49. The van der Waals surface area contributed by atoms with Crippen LogP contribution in [0.4, 0.5) is 0 Å². The van der Waals surface area contributed by atoms with E-state index in [2.05, 4.69) is 19.8 Å². The van der Waals surface area contributed by atoms with Crippen LogP contribution in [-0.4, -0.2) is 24.6 Å². The van der Waals surface area contributed by atoms with Gasteiger partial charge in [0, 0.05) is 12.8 Å². The molecule has 0 N–H and O–H groups in total. The van der Waals surface area contributed by atoms with Gasteiger partial charge in [-0.2, -0.15) is 0 Å². The molecule has 0 spiro atoms. The Labute approximate surface area is 115 Å². The zero-order valence-electron chi connectivity index (χ0n) is 12.1. The number of ether oxygens (including phenoxy) is 2. The maximum atomic E-state index is 11.3. The van der Waals surface area contributed by atoms with Gasteiger partial charge in [-0.05, 0) is 32.1 Å². The number of carbonyl (C=O) groups is 2. The van der Waals surface area contributed by atoms with Gasteiger partial charge in [0.05, 0.1) is 6.61 Å². The molecule has 4 nitrogen and oxygen atoms in total. The zero-order chi connectivity index (χ0) is 14.7. The average Bonchev–Trinajstić information content (AvgIpc) is 2.34. The molecular weight excluding hydrogens is 244 g/mol. The van der Waals surface area contributed by atoms with E-state index in [1.54, 1.807) is 6.92 Å². The molecule has 0 aromatic carbocycles. The fraction of sp³-hybridized carbons (Fsp3) is 0.733. The van der Waals surface area contributed by atoms with Crippen molar-refractivity contribution in [2.75, 3.05) is 6.61 Å². The summed E-state index contributed by atoms with van der Waals surface area (Å²) in [6, 6.07) is 0. The highest BCUT2D eigenvalue weighted by Gasteiger charge is 2.09. The maximum Gasteiger partial charge on any atom is 0.307 e. The molecule has 0 radical (unpaired) electrons. The SMILES string of the molecule is C#CC(C)OC(=O)CCCC(=O)OCCCC(C)C. The van der Waals surface area contributed by atoms with Crippen molar-refractivity contribution in [1.29, 1.82) is 0 Å². The van der Waals surface area contributed by atoms with E-state index in [4.69, 9.17) is 15.9 Å². The standard InChI is InChI=1S/C15H24O4/c1-5-13(4)19-15(17)10-6-9-14(16)18-11-7-8-12(2)3/h1,12-13H,6-11H2,2-4H3. The number of carbonyl (C=O) groups excluding carboxylic acids is 2. The van der Waals surface area contributed by atoms with Gasteiger partial charge in [-0.3, -0.25) is 9.59 Å². The number of hydrogen-bond donors (Lipinski definition) is 0. The summed E-state index contributed by atoms with van der Waals surface area (Å²) in [6.07, 6.45) is 7.35. The Morgan fingerprint density at radius 1 is 1.11 bits per heavy atom. The van der Waals surface area contributed by atoms with Crippen LogP contribution < -0.4 is 0 Å². The Morgan fingerprint density at radius 2 is 1.74 bits per heavy atom. The lowest BCUT2D eigenvalue weighted by atomic mass is 10.1. The van der Waals surface area contributed by atoms with Crippen molar-refractivity contribution < 1.29 is 19.1 Å². The van der Waals surface area contributed by atoms with E-state index in [1.807, 2.05) is 0 Å². The first-order valence-corrected chi connectivity index (χ1v) is 6.77. The molecule has 4 heteroatoms. The first-order valence-electron chi connectivity index (χ1n) is 6.77. The quantitative estimate of drug-likeness (QED) is 0.366. The summed E-state index contributed by atoms with van der Waals surface area (Å²) >= 11 is 0. The van der Waals surface area contributed by atoms with Crippen LogP contribution in [0.3, 0.4) is 0 Å². The average molecular weight is 268 g/mol. The van der Waals surface area contributed by atoms with Crippen molar-refractivity contribution in [3.05, 3.63) is 0 Å². The monoisotopic (exact) mass is 268 g/mol. The second kappa shape index (κ2) is 10.4. The van der Waals surface area contributed by atoms with Crippen molar-refractivity contribution in [2.24, 2.45) is 5.92 Å². The Bertz CT molecular complexity index is 315. The van der Waals surface area contributed by atoms with Gasteiger partial charge in [0.2, 0.25) is 0 Å². The summed E-state index contributed by atoms with van der Waals surface area (Å²) < 4.78 is 9.93. The van der Waals surface area contributed by atoms with Crippen LogP contribution in [0.2, 0.25) is 0 Å². The van der Waals surface area contributed by atoms with Crippen molar-refractivity contribution in [2.45, 2.75) is 59.0 Å². The molecule has 0 bridgehead atoms. The van der Waals surface area contributed by atoms with Gasteiger partial charge in [0.25, 0.3) is 0 Å². The molecule has 0 aliphatic rings. The second-order valence-corrected chi connectivity index (χ2v) is 4.91. The largest absolute Gasteiger partial charge is 0.466 e. The minimum absolute atomic E-state index is 0.188. The minimum atomic E-state index is -0.518. The summed E-state index contributed by atoms with van der Waals surface area (Å²) in [4.78, 5) is 22.6. The van der Waals surface area contributed by atoms with Crippen LogP contribution in [-0.2, 0) is 19.1 Å². The highest BCUT2D eigenvalue weighted by molar-refractivity contribution is 5.72. The van der Waals surface area contributed by atoms with Gasteiger partial charge in [-0.1, -0.05) is 19.8 Å². The van der Waals surface area contributed by atoms with E-state index < -0.39 is 6.10 Å². The second-order valence-electron chi connectivity index (χ2n) is 4.91. The van der Waals surface area contributed by atoms with E-state index in [0.29, 0.717) is 18.9 Å². The van der Waals surface area contributed by atoms with E-state index in [-0.39, 0.29) is 24.8 Å². The lowest BCUT2D eigenvalue weighted by Crippen LogP contribution is -2.13. The summed E-state index contributed by atoms with van der Waals surface area (Å²) in [5.41, 5.74) is 0. The molecule has 0 aromatic rings. The molecule has 19 heavy (non-hydrogen) atoms. The topological polar surface area (TPSA) is 52.6 Å². The smallest absolute Gasteiger partial charge is 0.307 e. The molecule has 1 unspecified atom stereocenters. The van der Waals surface area contributed by atoms with Gasteiger partial charge in [-0.25, -0.2) is 0 Å². The number of hydrogen-bond acceptors (Lipinski definition) is 4. The van der Waals surface area contributed by atoms with Gasteiger partial charge in [0.1, 0.15) is 0 Å². The van der Waals surface area contributed by atoms with E-state index in [9.17, 15) is 9.59 Å². The fourth-order valence-electron chi connectivity index (χ4n) is 1.42. The minimum Gasteiger partial charge on any atom is -0.466 e. The summed E-state index contributed by atoms with van der Waals surface area (Å²) in [5, 5.41) is 0. The number of esters is 2. The summed E-state index contributed by atoms with van der Waals surface area (Å²) in [7, 11) is 0. The third-order valence-electron chi connectivity index (χ3n) is 2.49. The number of rotatable bonds is 9. The molecule has 108 valence electrons. The summed E-state index contributed by atoms with van der Waals surface area (Å²) in [5.74, 6) is 2.28. The van der Waals surface area contributed by atoms with Crippen LogP contribution in [0.1, 0.15) is 52.9 Å². The Balaban J connectivity index is 3.53. The predicted octanol–water partition coefficient (Wildman–Crippen LogP) is 2.70. The van der Waals surface area contributed by atoms with Crippen LogP contribution in [0, 0.1) is 18.3 Å². The molecule has 1 atom stereocenters. The molecular formula is C15H24O4. The lowest BCUT2D eigenvalue weighted by molar-refractivity contribution is -0.146. The van der Waals surface area contributed by atoms with Gasteiger partial charge >= 0.3 is 11.9 Å². The Kier molecular flexibility index (Phi) is 9.60. The van der Waals surface area contributed by atoms with Crippen molar-refractivity contribution in [1.82, 2.24) is 0 Å². The van der Waals surface area contributed by atoms with E-state index in [0.717, 1.165) is 12.8 Å². The fourth-order valence-corrected chi connectivity index (χ4v) is 1.42. The molecule has 0 fully saturated rings. The molecule has 0 aromatic heterocycles. The van der Waals surface area contributed by atoms with Crippen LogP contribution in [0.5, 0.6) is 0 Å².